The van der Waals surface area contributed by atoms with Crippen molar-refractivity contribution in [2.24, 2.45) is 5.92 Å². The third kappa shape index (κ3) is 3.62. The molecule has 3 nitrogen and oxygen atoms in total. The number of carbonyl (C=O) groups is 1. The van der Waals surface area contributed by atoms with Gasteiger partial charge in [0.25, 0.3) is 0 Å². The highest BCUT2D eigenvalue weighted by Crippen LogP contribution is 2.24. The molecule has 0 unspecified atom stereocenters. The van der Waals surface area contributed by atoms with Crippen LogP contribution in [0.15, 0.2) is 5.38 Å². The van der Waals surface area contributed by atoms with E-state index in [1.807, 2.05) is 5.38 Å². The third-order valence-corrected chi connectivity index (χ3v) is 4.65. The van der Waals surface area contributed by atoms with Gasteiger partial charge in [-0.25, -0.2) is 4.98 Å². The molecule has 1 aromatic heterocycles. The minimum absolute atomic E-state index is 0.461. The molecule has 0 radical (unpaired) electrons. The van der Waals surface area contributed by atoms with Crippen LogP contribution in [0.4, 0.5) is 0 Å². The molecule has 1 saturated heterocycles. The summed E-state index contributed by atoms with van der Waals surface area (Å²) >= 11 is 1.71. The van der Waals surface area contributed by atoms with Gasteiger partial charge >= 0.3 is 0 Å². The zero-order chi connectivity index (χ0) is 13.0. The summed E-state index contributed by atoms with van der Waals surface area (Å²) in [5, 5.41) is 3.22. The van der Waals surface area contributed by atoms with Crippen LogP contribution in [0.3, 0.4) is 0 Å². The van der Waals surface area contributed by atoms with Gasteiger partial charge < -0.3 is 9.69 Å². The number of piperidine rings is 1. The lowest BCUT2D eigenvalue weighted by atomic mass is 9.93. The molecule has 1 aliphatic rings. The normalized spacial score (nSPS) is 18.4. The average Bonchev–Trinajstić information content (AvgIpc) is 2.78. The Bertz CT molecular complexity index is 381. The highest BCUT2D eigenvalue weighted by molar-refractivity contribution is 7.09. The van der Waals surface area contributed by atoms with E-state index in [2.05, 4.69) is 23.7 Å². The van der Waals surface area contributed by atoms with E-state index in [4.69, 9.17) is 0 Å². The summed E-state index contributed by atoms with van der Waals surface area (Å²) in [7, 11) is 0. The van der Waals surface area contributed by atoms with Gasteiger partial charge in [0.2, 0.25) is 0 Å². The van der Waals surface area contributed by atoms with Crippen molar-refractivity contribution in [1.82, 2.24) is 9.88 Å². The predicted molar refractivity (Wildman–Crippen MR) is 75.0 cm³/mol. The highest BCUT2D eigenvalue weighted by Gasteiger charge is 2.21. The largest absolute Gasteiger partial charge is 0.303 e. The first-order valence-corrected chi connectivity index (χ1v) is 7.68. The Kier molecular flexibility index (Phi) is 4.89. The Hall–Kier alpha value is -0.740. The number of hydrogen-bond acceptors (Lipinski definition) is 4. The first-order chi connectivity index (χ1) is 8.69. The van der Waals surface area contributed by atoms with E-state index in [-0.39, 0.29) is 0 Å². The maximum absolute atomic E-state index is 10.4. The second-order valence-electron chi connectivity index (χ2n) is 5.38. The van der Waals surface area contributed by atoms with Crippen LogP contribution in [-0.2, 0) is 17.6 Å². The lowest BCUT2D eigenvalue weighted by Gasteiger charge is -2.34. The van der Waals surface area contributed by atoms with Crippen LogP contribution in [0, 0.1) is 5.92 Å². The van der Waals surface area contributed by atoms with Crippen LogP contribution in [-0.4, -0.2) is 35.3 Å². The number of aldehydes is 1. The van der Waals surface area contributed by atoms with Crippen molar-refractivity contribution in [2.75, 3.05) is 13.1 Å². The number of thiazole rings is 1. The van der Waals surface area contributed by atoms with Crippen molar-refractivity contribution in [3.8, 4) is 0 Å². The number of carbonyl (C=O) groups excluding carboxylic acids is 1. The van der Waals surface area contributed by atoms with E-state index in [0.29, 0.717) is 12.5 Å². The second kappa shape index (κ2) is 6.43. The van der Waals surface area contributed by atoms with Crippen LogP contribution in [0.1, 0.15) is 37.4 Å². The molecule has 1 aromatic rings. The second-order valence-corrected chi connectivity index (χ2v) is 6.32. The maximum atomic E-state index is 10.4. The number of rotatable bonds is 5. The molecule has 0 bridgehead atoms. The number of hydrogen-bond donors (Lipinski definition) is 0. The standard InChI is InChI=1S/C14H22N2OS/c1-11(2)16-6-3-12(4-7-16)9-14-15-13(5-8-17)10-18-14/h8,10-12H,3-7,9H2,1-2H3. The fourth-order valence-corrected chi connectivity index (χ4v) is 3.47. The Balaban J connectivity index is 1.81. The smallest absolute Gasteiger partial charge is 0.125 e. The molecule has 2 rings (SSSR count). The van der Waals surface area contributed by atoms with E-state index in [1.54, 1.807) is 11.3 Å². The molecule has 4 heteroatoms. The Labute approximate surface area is 113 Å². The van der Waals surface area contributed by atoms with Crippen LogP contribution in [0.2, 0.25) is 0 Å². The van der Waals surface area contributed by atoms with Gasteiger partial charge in [0.15, 0.2) is 0 Å². The highest BCUT2D eigenvalue weighted by atomic mass is 32.1. The average molecular weight is 266 g/mol. The summed E-state index contributed by atoms with van der Waals surface area (Å²) in [6, 6.07) is 0.671. The summed E-state index contributed by atoms with van der Waals surface area (Å²) in [6.45, 7) is 6.98. The molecule has 0 amide bonds. The van der Waals surface area contributed by atoms with Crippen molar-refractivity contribution in [3.63, 3.8) is 0 Å². The minimum atomic E-state index is 0.461. The Morgan fingerprint density at radius 2 is 2.22 bits per heavy atom. The SMILES string of the molecule is CC(C)N1CCC(Cc2nc(CC=O)cs2)CC1. The van der Waals surface area contributed by atoms with E-state index in [9.17, 15) is 4.79 Å². The summed E-state index contributed by atoms with van der Waals surface area (Å²) in [5.41, 5.74) is 0.935. The van der Waals surface area contributed by atoms with Crippen LogP contribution >= 0.6 is 11.3 Å². The van der Waals surface area contributed by atoms with Gasteiger partial charge in [0.05, 0.1) is 10.7 Å². The molecule has 100 valence electrons. The molecule has 0 saturated carbocycles. The van der Waals surface area contributed by atoms with Crippen LogP contribution < -0.4 is 0 Å². The number of likely N-dealkylation sites (tertiary alicyclic amines) is 1. The van der Waals surface area contributed by atoms with Gasteiger partial charge in [-0.05, 0) is 45.7 Å². The molecular formula is C14H22N2OS. The Morgan fingerprint density at radius 3 is 2.83 bits per heavy atom. The molecule has 0 aliphatic carbocycles. The minimum Gasteiger partial charge on any atom is -0.303 e. The van der Waals surface area contributed by atoms with E-state index in [0.717, 1.165) is 24.3 Å². The van der Waals surface area contributed by atoms with Gasteiger partial charge in [-0.15, -0.1) is 11.3 Å². The summed E-state index contributed by atoms with van der Waals surface area (Å²) in [5.74, 6) is 0.773. The first-order valence-electron chi connectivity index (χ1n) is 6.80. The molecule has 0 spiro atoms. The van der Waals surface area contributed by atoms with Crippen LogP contribution in [0.25, 0.3) is 0 Å². The van der Waals surface area contributed by atoms with Crippen LogP contribution in [0.5, 0.6) is 0 Å². The molecular weight excluding hydrogens is 244 g/mol. The molecule has 2 heterocycles. The van der Waals surface area contributed by atoms with Gasteiger partial charge in [-0.3, -0.25) is 0 Å². The third-order valence-electron chi connectivity index (χ3n) is 3.73. The van der Waals surface area contributed by atoms with Crippen molar-refractivity contribution >= 4 is 17.6 Å². The van der Waals surface area contributed by atoms with E-state index in [1.165, 1.54) is 30.9 Å². The van der Waals surface area contributed by atoms with Crippen molar-refractivity contribution in [1.29, 1.82) is 0 Å². The maximum Gasteiger partial charge on any atom is 0.125 e. The molecule has 18 heavy (non-hydrogen) atoms. The number of nitrogens with zero attached hydrogens (tertiary/aromatic N) is 2. The van der Waals surface area contributed by atoms with E-state index < -0.39 is 0 Å². The Morgan fingerprint density at radius 1 is 1.50 bits per heavy atom. The first kappa shape index (κ1) is 13.7. The summed E-state index contributed by atoms with van der Waals surface area (Å²) in [6.07, 6.45) is 5.04. The fraction of sp³-hybridized carbons (Fsp3) is 0.714. The molecule has 0 aromatic carbocycles. The number of aromatic nitrogens is 1. The molecule has 0 N–H and O–H groups in total. The quantitative estimate of drug-likeness (QED) is 0.768. The van der Waals surface area contributed by atoms with Crippen molar-refractivity contribution in [2.45, 2.75) is 45.6 Å². The molecule has 1 fully saturated rings. The van der Waals surface area contributed by atoms with Crippen molar-refractivity contribution in [3.05, 3.63) is 16.1 Å². The zero-order valence-corrected chi connectivity index (χ0v) is 12.1. The van der Waals surface area contributed by atoms with Gasteiger partial charge in [-0.1, -0.05) is 0 Å². The summed E-state index contributed by atoms with van der Waals surface area (Å²) < 4.78 is 0. The monoisotopic (exact) mass is 266 g/mol. The lowest BCUT2D eigenvalue weighted by Crippen LogP contribution is -2.38. The summed E-state index contributed by atoms with van der Waals surface area (Å²) in [4.78, 5) is 17.5. The molecule has 1 aliphatic heterocycles. The zero-order valence-electron chi connectivity index (χ0n) is 11.3. The van der Waals surface area contributed by atoms with Crippen molar-refractivity contribution < 1.29 is 4.79 Å². The van der Waals surface area contributed by atoms with E-state index >= 15 is 0 Å². The topological polar surface area (TPSA) is 33.2 Å². The van der Waals surface area contributed by atoms with Gasteiger partial charge in [0.1, 0.15) is 6.29 Å². The van der Waals surface area contributed by atoms with Gasteiger partial charge in [0, 0.05) is 24.3 Å². The molecule has 0 atom stereocenters. The fourth-order valence-electron chi connectivity index (χ4n) is 2.54. The lowest BCUT2D eigenvalue weighted by molar-refractivity contribution is -0.107. The predicted octanol–water partition coefficient (Wildman–Crippen LogP) is 2.55. The van der Waals surface area contributed by atoms with Gasteiger partial charge in [-0.2, -0.15) is 0 Å².